The summed E-state index contributed by atoms with van der Waals surface area (Å²) in [5, 5.41) is 4.35. The van der Waals surface area contributed by atoms with Gasteiger partial charge in [-0.15, -0.1) is 11.3 Å². The van der Waals surface area contributed by atoms with Crippen molar-refractivity contribution in [3.8, 4) is 0 Å². The second-order valence-electron chi connectivity index (χ2n) is 2.56. The maximum atomic E-state index is 11.3. The first kappa shape index (κ1) is 11.3. The van der Waals surface area contributed by atoms with Crippen molar-refractivity contribution < 1.29 is 9.00 Å². The predicted octanol–water partition coefficient (Wildman–Crippen LogP) is 0.641. The van der Waals surface area contributed by atoms with Crippen molar-refractivity contribution >= 4 is 28.0 Å². The molecule has 0 aliphatic rings. The van der Waals surface area contributed by atoms with Crippen LogP contribution in [0.2, 0.25) is 0 Å². The number of hydrogen-bond donors (Lipinski definition) is 1. The summed E-state index contributed by atoms with van der Waals surface area (Å²) in [5.41, 5.74) is 2.04. The first-order chi connectivity index (χ1) is 6.74. The molecule has 1 N–H and O–H groups in total. The molecular weight excluding hydrogens is 220 g/mol. The summed E-state index contributed by atoms with van der Waals surface area (Å²) in [6.07, 6.45) is 0. The molecule has 0 aromatic carbocycles. The summed E-state index contributed by atoms with van der Waals surface area (Å²) >= 11 is 1.38. The van der Waals surface area contributed by atoms with Crippen LogP contribution in [0.1, 0.15) is 17.4 Å². The van der Waals surface area contributed by atoms with Gasteiger partial charge in [0.1, 0.15) is 5.69 Å². The van der Waals surface area contributed by atoms with Gasteiger partial charge in [-0.2, -0.15) is 0 Å². The quantitative estimate of drug-likeness (QED) is 0.810. The monoisotopic (exact) mass is 232 g/mol. The molecule has 0 aliphatic heterocycles. The van der Waals surface area contributed by atoms with E-state index in [9.17, 15) is 9.00 Å². The predicted molar refractivity (Wildman–Crippen MR) is 58.0 cm³/mol. The maximum absolute atomic E-state index is 11.3. The number of hydrogen-bond acceptors (Lipinski definition) is 4. The van der Waals surface area contributed by atoms with E-state index >= 15 is 0 Å². The lowest BCUT2D eigenvalue weighted by atomic mass is 10.4. The molecule has 0 saturated heterocycles. The standard InChI is InChI=1S/C8H12N2O2S2/c1-2-14(12)4-3-9-8(11)7-5-13-6-10-7/h5-6H,2-4H2,1H3,(H,9,11). The Morgan fingerprint density at radius 2 is 2.50 bits per heavy atom. The van der Waals surface area contributed by atoms with Crippen LogP contribution in [0.4, 0.5) is 0 Å². The Morgan fingerprint density at radius 3 is 3.07 bits per heavy atom. The highest BCUT2D eigenvalue weighted by atomic mass is 32.2. The van der Waals surface area contributed by atoms with E-state index in [0.29, 0.717) is 23.7 Å². The molecule has 1 rings (SSSR count). The fourth-order valence-corrected chi connectivity index (χ4v) is 1.99. The number of carbonyl (C=O) groups excluding carboxylic acids is 1. The molecule has 0 fully saturated rings. The number of nitrogens with zero attached hydrogens (tertiary/aromatic N) is 1. The molecule has 1 heterocycles. The minimum atomic E-state index is -0.823. The van der Waals surface area contributed by atoms with Crippen LogP contribution in [0.25, 0.3) is 0 Å². The lowest BCUT2D eigenvalue weighted by Crippen LogP contribution is -2.28. The van der Waals surface area contributed by atoms with Gasteiger partial charge in [-0.05, 0) is 0 Å². The summed E-state index contributed by atoms with van der Waals surface area (Å²) in [4.78, 5) is 15.2. The number of carbonyl (C=O) groups is 1. The average Bonchev–Trinajstić information content (AvgIpc) is 2.70. The minimum Gasteiger partial charge on any atom is -0.350 e. The Balaban J connectivity index is 2.26. The van der Waals surface area contributed by atoms with E-state index in [1.54, 1.807) is 10.9 Å². The van der Waals surface area contributed by atoms with Gasteiger partial charge >= 0.3 is 0 Å². The summed E-state index contributed by atoms with van der Waals surface area (Å²) in [7, 11) is -0.823. The van der Waals surface area contributed by atoms with Crippen molar-refractivity contribution in [2.24, 2.45) is 0 Å². The zero-order valence-corrected chi connectivity index (χ0v) is 9.49. The van der Waals surface area contributed by atoms with Crippen LogP contribution in [-0.4, -0.2) is 33.2 Å². The molecular formula is C8H12N2O2S2. The molecule has 1 aromatic rings. The average molecular weight is 232 g/mol. The van der Waals surface area contributed by atoms with Crippen LogP contribution in [0, 0.1) is 0 Å². The SMILES string of the molecule is CCS(=O)CCNC(=O)c1cscn1. The Hall–Kier alpha value is -0.750. The molecule has 1 unspecified atom stereocenters. The number of thiazole rings is 1. The van der Waals surface area contributed by atoms with Crippen LogP contribution in [0.5, 0.6) is 0 Å². The fourth-order valence-electron chi connectivity index (χ4n) is 0.838. The van der Waals surface area contributed by atoms with Gasteiger partial charge in [-0.1, -0.05) is 6.92 Å². The molecule has 0 aliphatic carbocycles. The molecule has 0 saturated carbocycles. The van der Waals surface area contributed by atoms with E-state index in [2.05, 4.69) is 10.3 Å². The molecule has 78 valence electrons. The lowest BCUT2D eigenvalue weighted by molar-refractivity contribution is 0.0952. The summed E-state index contributed by atoms with van der Waals surface area (Å²) in [5.74, 6) is 0.943. The first-order valence-electron chi connectivity index (χ1n) is 4.25. The third kappa shape index (κ3) is 3.55. The van der Waals surface area contributed by atoms with Gasteiger partial charge in [0.15, 0.2) is 0 Å². The summed E-state index contributed by atoms with van der Waals surface area (Å²) in [6, 6.07) is 0. The topological polar surface area (TPSA) is 59.1 Å². The van der Waals surface area contributed by atoms with E-state index in [1.807, 2.05) is 6.92 Å². The molecule has 1 aromatic heterocycles. The van der Waals surface area contributed by atoms with Crippen molar-refractivity contribution in [3.05, 3.63) is 16.6 Å². The van der Waals surface area contributed by atoms with Gasteiger partial charge in [0.2, 0.25) is 0 Å². The van der Waals surface area contributed by atoms with Gasteiger partial charge in [0.05, 0.1) is 5.51 Å². The highest BCUT2D eigenvalue weighted by molar-refractivity contribution is 7.84. The van der Waals surface area contributed by atoms with Crippen LogP contribution >= 0.6 is 11.3 Å². The van der Waals surface area contributed by atoms with Crippen molar-refractivity contribution in [2.45, 2.75) is 6.92 Å². The van der Waals surface area contributed by atoms with Gasteiger partial charge in [-0.25, -0.2) is 4.98 Å². The number of rotatable bonds is 5. The van der Waals surface area contributed by atoms with Crippen LogP contribution in [0.3, 0.4) is 0 Å². The minimum absolute atomic E-state index is 0.195. The smallest absolute Gasteiger partial charge is 0.270 e. The maximum Gasteiger partial charge on any atom is 0.270 e. The molecule has 14 heavy (non-hydrogen) atoms. The van der Waals surface area contributed by atoms with Gasteiger partial charge in [0, 0.05) is 34.2 Å². The van der Waals surface area contributed by atoms with E-state index < -0.39 is 10.8 Å². The Kier molecular flexibility index (Phi) is 4.75. The van der Waals surface area contributed by atoms with Crippen LogP contribution < -0.4 is 5.32 Å². The van der Waals surface area contributed by atoms with Gasteiger partial charge < -0.3 is 5.32 Å². The zero-order chi connectivity index (χ0) is 10.4. The van der Waals surface area contributed by atoms with E-state index in [4.69, 9.17) is 0 Å². The third-order valence-electron chi connectivity index (χ3n) is 1.60. The second kappa shape index (κ2) is 5.87. The number of aromatic nitrogens is 1. The normalized spacial score (nSPS) is 12.4. The van der Waals surface area contributed by atoms with Crippen molar-refractivity contribution in [1.82, 2.24) is 10.3 Å². The lowest BCUT2D eigenvalue weighted by Gasteiger charge is -2.01. The number of nitrogens with one attached hydrogen (secondary N) is 1. The third-order valence-corrected chi connectivity index (χ3v) is 3.49. The largest absolute Gasteiger partial charge is 0.350 e. The van der Waals surface area contributed by atoms with E-state index in [0.717, 1.165) is 0 Å². The molecule has 0 spiro atoms. The van der Waals surface area contributed by atoms with Crippen molar-refractivity contribution in [3.63, 3.8) is 0 Å². The van der Waals surface area contributed by atoms with E-state index in [1.165, 1.54) is 11.3 Å². The molecule has 6 heteroatoms. The van der Waals surface area contributed by atoms with Crippen molar-refractivity contribution in [2.75, 3.05) is 18.1 Å². The Bertz CT molecular complexity index is 311. The molecule has 4 nitrogen and oxygen atoms in total. The Labute approximate surface area is 89.2 Å². The molecule has 1 atom stereocenters. The molecule has 1 amide bonds. The summed E-state index contributed by atoms with van der Waals surface area (Å²) < 4.78 is 11.0. The molecule has 0 bridgehead atoms. The highest BCUT2D eigenvalue weighted by Gasteiger charge is 2.06. The van der Waals surface area contributed by atoms with Crippen molar-refractivity contribution in [1.29, 1.82) is 0 Å². The first-order valence-corrected chi connectivity index (χ1v) is 6.68. The van der Waals surface area contributed by atoms with E-state index in [-0.39, 0.29) is 5.91 Å². The Morgan fingerprint density at radius 1 is 1.71 bits per heavy atom. The van der Waals surface area contributed by atoms with Crippen LogP contribution in [0.15, 0.2) is 10.9 Å². The highest BCUT2D eigenvalue weighted by Crippen LogP contribution is 1.99. The fraction of sp³-hybridized carbons (Fsp3) is 0.500. The molecule has 0 radical (unpaired) electrons. The van der Waals surface area contributed by atoms with Crippen LogP contribution in [-0.2, 0) is 10.8 Å². The summed E-state index contributed by atoms with van der Waals surface area (Å²) in [6.45, 7) is 2.30. The number of amides is 1. The second-order valence-corrected chi connectivity index (χ2v) is 5.15. The van der Waals surface area contributed by atoms with Gasteiger partial charge in [-0.3, -0.25) is 9.00 Å². The van der Waals surface area contributed by atoms with Gasteiger partial charge in [0.25, 0.3) is 5.91 Å². The zero-order valence-electron chi connectivity index (χ0n) is 7.86.